The van der Waals surface area contributed by atoms with Crippen molar-refractivity contribution in [2.45, 2.75) is 0 Å². The summed E-state index contributed by atoms with van der Waals surface area (Å²) in [4.78, 5) is 19.1. The smallest absolute Gasteiger partial charge is 1.00 e. The van der Waals surface area contributed by atoms with Crippen LogP contribution in [0.4, 0.5) is 0 Å². The van der Waals surface area contributed by atoms with Crippen LogP contribution in [0.3, 0.4) is 0 Å². The molecule has 1 aromatic carbocycles. The van der Waals surface area contributed by atoms with Gasteiger partial charge in [0.05, 0.1) is 49.5 Å². The number of hydrogen-bond acceptors (Lipinski definition) is 6. The van der Waals surface area contributed by atoms with Crippen LogP contribution in [0, 0.1) is 0 Å². The van der Waals surface area contributed by atoms with Gasteiger partial charge in [-0.2, -0.15) is 4.73 Å². The standard InChI is InChI=1S/C30H26N4O4.3ClH.Fe/c1-35-25-17-23-15-21-11-10-19(31-21)14-20-12-13-22(32-20)16-24-26(18-8-6-5-7-9-18)29(36-2)28(34(24)38-4)30(37-3)27(25)33-23;;;;/h5-17,31H,1-4H3;3*1H;/q;;;;+3/p-3. The van der Waals surface area contributed by atoms with Gasteiger partial charge >= 0.3 is 17.1 Å². The number of nitrogens with one attached hydrogen (secondary N) is 1. The number of ether oxygens (including phenoxy) is 3. The Hall–Kier alpha value is -3.59. The molecule has 4 aromatic rings. The molecule has 0 amide bonds. The molecule has 0 atom stereocenters. The van der Waals surface area contributed by atoms with Gasteiger partial charge in [-0.1, -0.05) is 30.3 Å². The second kappa shape index (κ2) is 14.5. The predicted molar refractivity (Wildman–Crippen MR) is 149 cm³/mol. The summed E-state index contributed by atoms with van der Waals surface area (Å²) in [6.45, 7) is 0. The van der Waals surface area contributed by atoms with Crippen LogP contribution in [0.25, 0.3) is 57.2 Å². The maximum atomic E-state index is 6.05. The Morgan fingerprint density at radius 2 is 1.31 bits per heavy atom. The minimum atomic E-state index is 0. The number of H-pyrrole nitrogens is 1. The molecule has 0 aliphatic carbocycles. The van der Waals surface area contributed by atoms with Gasteiger partial charge in [0.25, 0.3) is 0 Å². The summed E-state index contributed by atoms with van der Waals surface area (Å²) in [6.07, 6.45) is 5.83. The molecule has 2 aliphatic rings. The van der Waals surface area contributed by atoms with E-state index in [0.717, 1.165) is 39.1 Å². The number of nitrogens with zero attached hydrogens (tertiary/aromatic N) is 3. The van der Waals surface area contributed by atoms with Crippen molar-refractivity contribution in [3.05, 3.63) is 83.4 Å². The third kappa shape index (κ3) is 6.11. The molecular weight excluding hydrogens is 643 g/mol. The van der Waals surface area contributed by atoms with E-state index in [9.17, 15) is 0 Å². The first-order chi connectivity index (χ1) is 18.6. The maximum Gasteiger partial charge on any atom is 3.00 e. The molecule has 0 saturated carbocycles. The fourth-order valence-corrected chi connectivity index (χ4v) is 4.88. The Kier molecular flexibility index (Phi) is 12.0. The van der Waals surface area contributed by atoms with Gasteiger partial charge in [-0.3, -0.25) is 0 Å². The average Bonchev–Trinajstić information content (AvgIpc) is 3.72. The van der Waals surface area contributed by atoms with E-state index in [0.29, 0.717) is 34.2 Å². The van der Waals surface area contributed by atoms with Gasteiger partial charge in [-0.05, 0) is 48.0 Å². The van der Waals surface area contributed by atoms with E-state index in [4.69, 9.17) is 29.0 Å². The van der Waals surface area contributed by atoms with Crippen LogP contribution in [-0.4, -0.2) is 48.1 Å². The van der Waals surface area contributed by atoms with E-state index in [-0.39, 0.29) is 54.3 Å². The molecule has 5 heterocycles. The van der Waals surface area contributed by atoms with Gasteiger partial charge in [0.2, 0.25) is 0 Å². The number of aromatic amines is 1. The second-order valence-corrected chi connectivity index (χ2v) is 8.71. The van der Waals surface area contributed by atoms with Crippen LogP contribution in [0.5, 0.6) is 11.5 Å². The summed E-state index contributed by atoms with van der Waals surface area (Å²) >= 11 is 0. The quantitative estimate of drug-likeness (QED) is 0.200. The van der Waals surface area contributed by atoms with Gasteiger partial charge in [0.1, 0.15) is 7.11 Å². The monoisotopic (exact) mass is 667 g/mol. The van der Waals surface area contributed by atoms with Crippen LogP contribution in [0.2, 0.25) is 0 Å². The zero-order chi connectivity index (χ0) is 26.2. The SMILES string of the molecule is COC1=Cc2cc3ccc(cc4nc(cc5c(-c6ccccc6)c(OC)c(c(OC)c1n2)n5OC)C=C4)[nH]3.[Cl-].[Cl-].[Cl-].[Fe+3]. The molecule has 0 fully saturated rings. The van der Waals surface area contributed by atoms with Crippen LogP contribution in [0.15, 0.2) is 60.7 Å². The summed E-state index contributed by atoms with van der Waals surface area (Å²) in [5, 5.41) is 0. The number of methoxy groups -OCH3 is 3. The first-order valence-corrected chi connectivity index (χ1v) is 12.1. The zero-order valence-corrected chi connectivity index (χ0v) is 26.3. The van der Waals surface area contributed by atoms with Gasteiger partial charge in [-0.25, -0.2) is 9.97 Å². The Morgan fingerprint density at radius 3 is 1.90 bits per heavy atom. The van der Waals surface area contributed by atoms with Gasteiger partial charge in [-0.15, -0.1) is 0 Å². The molecule has 8 nitrogen and oxygen atoms in total. The van der Waals surface area contributed by atoms with E-state index < -0.39 is 0 Å². The van der Waals surface area contributed by atoms with Gasteiger partial charge in [0, 0.05) is 17.1 Å². The van der Waals surface area contributed by atoms with Gasteiger partial charge < -0.3 is 61.3 Å². The molecule has 8 bridgehead atoms. The number of fused-ring (bicyclic) bond motifs is 8. The third-order valence-electron chi connectivity index (χ3n) is 6.48. The molecule has 3 aromatic heterocycles. The minimum absolute atomic E-state index is 0. The molecule has 1 radical (unpaired) electrons. The molecule has 12 heteroatoms. The number of hydrogen-bond donors (Lipinski definition) is 1. The van der Waals surface area contributed by atoms with Crippen LogP contribution >= 0.6 is 0 Å². The Labute approximate surface area is 272 Å². The molecule has 219 valence electrons. The van der Waals surface area contributed by atoms with Crippen molar-refractivity contribution in [1.82, 2.24) is 19.7 Å². The van der Waals surface area contributed by atoms with Crippen molar-refractivity contribution in [2.75, 3.05) is 28.4 Å². The summed E-state index contributed by atoms with van der Waals surface area (Å²) in [6, 6.07) is 19.9. The minimum Gasteiger partial charge on any atom is -1.00 e. The molecule has 6 rings (SSSR count). The number of aromatic nitrogens is 4. The Balaban J connectivity index is 0.00000154. The molecule has 42 heavy (non-hydrogen) atoms. The summed E-state index contributed by atoms with van der Waals surface area (Å²) in [7, 11) is 6.45. The van der Waals surface area contributed by atoms with Crippen molar-refractivity contribution in [1.29, 1.82) is 0 Å². The zero-order valence-electron chi connectivity index (χ0n) is 23.0. The fourth-order valence-electron chi connectivity index (χ4n) is 4.88. The molecule has 0 saturated heterocycles. The first kappa shape index (κ1) is 34.6. The third-order valence-corrected chi connectivity index (χ3v) is 6.48. The normalized spacial score (nSPS) is 11.1. The molecule has 0 unspecified atom stereocenters. The average molecular weight is 669 g/mol. The number of benzene rings is 1. The van der Waals surface area contributed by atoms with Crippen molar-refractivity contribution < 1.29 is 73.3 Å². The van der Waals surface area contributed by atoms with E-state index in [1.807, 2.05) is 78.9 Å². The first-order valence-electron chi connectivity index (χ1n) is 12.1. The van der Waals surface area contributed by atoms with Crippen molar-refractivity contribution in [3.63, 3.8) is 0 Å². The van der Waals surface area contributed by atoms with Crippen LogP contribution < -0.4 is 51.5 Å². The summed E-state index contributed by atoms with van der Waals surface area (Å²) < 4.78 is 19.5. The van der Waals surface area contributed by atoms with E-state index in [2.05, 4.69) is 4.98 Å². The summed E-state index contributed by atoms with van der Waals surface area (Å²) in [5.41, 5.74) is 7.79. The molecule has 0 spiro atoms. The second-order valence-electron chi connectivity index (χ2n) is 8.71. The van der Waals surface area contributed by atoms with Crippen molar-refractivity contribution in [2.24, 2.45) is 0 Å². The van der Waals surface area contributed by atoms with E-state index >= 15 is 0 Å². The maximum absolute atomic E-state index is 6.05. The molecule has 2 aliphatic heterocycles. The van der Waals surface area contributed by atoms with Crippen LogP contribution in [0.1, 0.15) is 22.8 Å². The molecular formula is C30H26Cl3FeN4O4. The topological polar surface area (TPSA) is 83.4 Å². The van der Waals surface area contributed by atoms with E-state index in [1.165, 1.54) is 0 Å². The van der Waals surface area contributed by atoms with Crippen molar-refractivity contribution in [3.8, 4) is 22.6 Å². The van der Waals surface area contributed by atoms with Gasteiger partial charge in [0.15, 0.2) is 28.5 Å². The van der Waals surface area contributed by atoms with Crippen molar-refractivity contribution >= 4 is 46.1 Å². The summed E-state index contributed by atoms with van der Waals surface area (Å²) in [5.74, 6) is 1.59. The largest absolute Gasteiger partial charge is 3.00 e. The Bertz CT molecular complexity index is 1790. The Morgan fingerprint density at radius 1 is 0.690 bits per heavy atom. The predicted octanol–water partition coefficient (Wildman–Crippen LogP) is -3.14. The fraction of sp³-hybridized carbons (Fsp3) is 0.133. The number of halogens is 3. The van der Waals surface area contributed by atoms with Crippen LogP contribution in [-0.2, 0) is 21.8 Å². The number of rotatable bonds is 5. The van der Waals surface area contributed by atoms with E-state index in [1.54, 1.807) is 33.2 Å². The molecule has 1 N–H and O–H groups in total.